The average Bonchev–Trinajstić information content (AvgIpc) is 3.04. The number of benzene rings is 1. The minimum atomic E-state index is -0.183. The maximum Gasteiger partial charge on any atom is 0.255 e. The van der Waals surface area contributed by atoms with Crippen molar-refractivity contribution in [1.82, 2.24) is 9.88 Å². The molecule has 0 aliphatic heterocycles. The predicted octanol–water partition coefficient (Wildman–Crippen LogP) is 3.67. The van der Waals surface area contributed by atoms with E-state index in [9.17, 15) is 4.79 Å². The minimum Gasteiger partial charge on any atom is -0.481 e. The first-order valence-corrected chi connectivity index (χ1v) is 7.36. The standard InChI is InChI=1S/C18H18N2O3/c1-12(16-10-13-6-4-5-7-15(13)23-16)20(2)18(21)14-8-9-17(22-3)19-11-14/h4-12H,1-3H3. The van der Waals surface area contributed by atoms with Crippen molar-refractivity contribution in [2.75, 3.05) is 14.2 Å². The molecule has 2 aromatic heterocycles. The second kappa shape index (κ2) is 6.12. The number of furan rings is 1. The van der Waals surface area contributed by atoms with Crippen molar-refractivity contribution in [2.45, 2.75) is 13.0 Å². The van der Waals surface area contributed by atoms with Crippen LogP contribution in [0.5, 0.6) is 5.88 Å². The second-order valence-electron chi connectivity index (χ2n) is 5.37. The van der Waals surface area contributed by atoms with E-state index in [4.69, 9.17) is 9.15 Å². The zero-order chi connectivity index (χ0) is 16.4. The summed E-state index contributed by atoms with van der Waals surface area (Å²) in [6, 6.07) is 13.0. The van der Waals surface area contributed by atoms with Crippen LogP contribution >= 0.6 is 0 Å². The monoisotopic (exact) mass is 310 g/mol. The summed E-state index contributed by atoms with van der Waals surface area (Å²) in [5, 5.41) is 1.03. The number of hydrogen-bond donors (Lipinski definition) is 0. The Morgan fingerprint density at radius 2 is 2.04 bits per heavy atom. The number of hydrogen-bond acceptors (Lipinski definition) is 4. The van der Waals surface area contributed by atoms with Gasteiger partial charge in [0.25, 0.3) is 5.91 Å². The number of pyridine rings is 1. The maximum absolute atomic E-state index is 12.6. The number of carbonyl (C=O) groups is 1. The Balaban J connectivity index is 1.82. The van der Waals surface area contributed by atoms with Gasteiger partial charge in [0.05, 0.1) is 18.7 Å². The summed E-state index contributed by atoms with van der Waals surface area (Å²) in [4.78, 5) is 18.3. The number of carbonyl (C=O) groups excluding carboxylic acids is 1. The molecule has 5 nitrogen and oxygen atoms in total. The number of ether oxygens (including phenoxy) is 1. The number of fused-ring (bicyclic) bond motifs is 1. The van der Waals surface area contributed by atoms with Crippen LogP contribution in [0.2, 0.25) is 0 Å². The topological polar surface area (TPSA) is 55.6 Å². The van der Waals surface area contributed by atoms with Crippen LogP contribution in [-0.4, -0.2) is 29.9 Å². The van der Waals surface area contributed by atoms with E-state index in [0.29, 0.717) is 11.4 Å². The van der Waals surface area contributed by atoms with E-state index >= 15 is 0 Å². The van der Waals surface area contributed by atoms with Crippen molar-refractivity contribution >= 4 is 16.9 Å². The van der Waals surface area contributed by atoms with Gasteiger partial charge >= 0.3 is 0 Å². The third-order valence-corrected chi connectivity index (χ3v) is 3.95. The molecule has 0 aliphatic carbocycles. The van der Waals surface area contributed by atoms with Crippen LogP contribution in [0.3, 0.4) is 0 Å². The van der Waals surface area contributed by atoms with Gasteiger partial charge in [-0.15, -0.1) is 0 Å². The summed E-state index contributed by atoms with van der Waals surface area (Å²) in [6.45, 7) is 1.94. The van der Waals surface area contributed by atoms with Crippen LogP contribution < -0.4 is 4.74 Å². The van der Waals surface area contributed by atoms with Crippen molar-refractivity contribution in [3.63, 3.8) is 0 Å². The summed E-state index contributed by atoms with van der Waals surface area (Å²) >= 11 is 0. The maximum atomic E-state index is 12.6. The van der Waals surface area contributed by atoms with Crippen molar-refractivity contribution in [3.05, 3.63) is 60.0 Å². The van der Waals surface area contributed by atoms with Crippen LogP contribution in [-0.2, 0) is 0 Å². The van der Waals surface area contributed by atoms with Crippen molar-refractivity contribution < 1.29 is 13.9 Å². The number of para-hydroxylation sites is 1. The van der Waals surface area contributed by atoms with E-state index in [0.717, 1.165) is 16.7 Å². The first-order chi connectivity index (χ1) is 11.1. The molecule has 5 heteroatoms. The molecule has 1 amide bonds. The molecule has 0 fully saturated rings. The summed E-state index contributed by atoms with van der Waals surface area (Å²) < 4.78 is 10.9. The number of rotatable bonds is 4. The Morgan fingerprint density at radius 3 is 2.70 bits per heavy atom. The van der Waals surface area contributed by atoms with Crippen LogP contribution in [0.1, 0.15) is 29.1 Å². The van der Waals surface area contributed by atoms with E-state index in [1.54, 1.807) is 31.2 Å². The lowest BCUT2D eigenvalue weighted by atomic mass is 10.1. The molecule has 2 heterocycles. The number of aromatic nitrogens is 1. The highest BCUT2D eigenvalue weighted by atomic mass is 16.5. The van der Waals surface area contributed by atoms with Crippen molar-refractivity contribution in [1.29, 1.82) is 0 Å². The van der Waals surface area contributed by atoms with Crippen LogP contribution in [0.4, 0.5) is 0 Å². The van der Waals surface area contributed by atoms with Gasteiger partial charge in [0, 0.05) is 24.7 Å². The van der Waals surface area contributed by atoms with Crippen molar-refractivity contribution in [3.8, 4) is 5.88 Å². The quantitative estimate of drug-likeness (QED) is 0.738. The van der Waals surface area contributed by atoms with Gasteiger partial charge in [0.2, 0.25) is 5.88 Å². The Labute approximate surface area is 134 Å². The number of amides is 1. The third kappa shape index (κ3) is 2.90. The SMILES string of the molecule is COc1ccc(C(=O)N(C)C(C)c2cc3ccccc3o2)cn1. The Hall–Kier alpha value is -2.82. The van der Waals surface area contributed by atoms with E-state index in [2.05, 4.69) is 4.98 Å². The lowest BCUT2D eigenvalue weighted by Gasteiger charge is -2.23. The van der Waals surface area contributed by atoms with Gasteiger partial charge in [-0.05, 0) is 25.1 Å². The molecule has 0 saturated heterocycles. The van der Waals surface area contributed by atoms with E-state index in [-0.39, 0.29) is 11.9 Å². The highest BCUT2D eigenvalue weighted by Gasteiger charge is 2.22. The third-order valence-electron chi connectivity index (χ3n) is 3.95. The summed E-state index contributed by atoms with van der Waals surface area (Å²) in [6.07, 6.45) is 1.52. The molecule has 0 bridgehead atoms. The molecule has 1 unspecified atom stereocenters. The highest BCUT2D eigenvalue weighted by Crippen LogP contribution is 2.27. The molecular weight excluding hydrogens is 292 g/mol. The molecule has 0 spiro atoms. The lowest BCUT2D eigenvalue weighted by molar-refractivity contribution is 0.0727. The van der Waals surface area contributed by atoms with Gasteiger partial charge in [0.1, 0.15) is 11.3 Å². The molecule has 3 aromatic rings. The molecular formula is C18H18N2O3. The van der Waals surface area contributed by atoms with Crippen molar-refractivity contribution in [2.24, 2.45) is 0 Å². The van der Waals surface area contributed by atoms with Gasteiger partial charge < -0.3 is 14.1 Å². The molecule has 0 saturated carbocycles. The Bertz CT molecular complexity index is 791. The molecule has 0 aliphatic rings. The fraction of sp³-hybridized carbons (Fsp3) is 0.222. The van der Waals surface area contributed by atoms with Crippen LogP contribution in [0.15, 0.2) is 53.1 Å². The number of nitrogens with zero attached hydrogens (tertiary/aromatic N) is 2. The lowest BCUT2D eigenvalue weighted by Crippen LogP contribution is -2.29. The van der Waals surface area contributed by atoms with Crippen LogP contribution in [0.25, 0.3) is 11.0 Å². The first kappa shape index (κ1) is 15.1. The smallest absolute Gasteiger partial charge is 0.255 e. The minimum absolute atomic E-state index is 0.117. The zero-order valence-corrected chi connectivity index (χ0v) is 13.3. The summed E-state index contributed by atoms with van der Waals surface area (Å²) in [5.74, 6) is 1.12. The van der Waals surface area contributed by atoms with Crippen LogP contribution in [0, 0.1) is 0 Å². The fourth-order valence-electron chi connectivity index (χ4n) is 2.41. The number of methoxy groups -OCH3 is 1. The average molecular weight is 310 g/mol. The largest absolute Gasteiger partial charge is 0.481 e. The second-order valence-corrected chi connectivity index (χ2v) is 5.37. The molecule has 0 N–H and O–H groups in total. The van der Waals surface area contributed by atoms with Gasteiger partial charge in [0.15, 0.2) is 0 Å². The molecule has 23 heavy (non-hydrogen) atoms. The Morgan fingerprint density at radius 1 is 1.26 bits per heavy atom. The summed E-state index contributed by atoms with van der Waals surface area (Å²) in [7, 11) is 3.30. The molecule has 1 atom stereocenters. The molecule has 3 rings (SSSR count). The first-order valence-electron chi connectivity index (χ1n) is 7.36. The van der Waals surface area contributed by atoms with E-state index < -0.39 is 0 Å². The fourth-order valence-corrected chi connectivity index (χ4v) is 2.41. The predicted molar refractivity (Wildman–Crippen MR) is 87.5 cm³/mol. The molecule has 0 radical (unpaired) electrons. The Kier molecular flexibility index (Phi) is 4.02. The van der Waals surface area contributed by atoms with Gasteiger partial charge in [-0.1, -0.05) is 18.2 Å². The zero-order valence-electron chi connectivity index (χ0n) is 13.3. The highest BCUT2D eigenvalue weighted by molar-refractivity contribution is 5.94. The molecule has 1 aromatic carbocycles. The normalized spacial score (nSPS) is 12.1. The summed E-state index contributed by atoms with van der Waals surface area (Å²) in [5.41, 5.74) is 1.33. The van der Waals surface area contributed by atoms with Gasteiger partial charge in [-0.3, -0.25) is 4.79 Å². The van der Waals surface area contributed by atoms with Gasteiger partial charge in [-0.2, -0.15) is 0 Å². The molecule has 118 valence electrons. The van der Waals surface area contributed by atoms with E-state index in [1.165, 1.54) is 6.20 Å². The van der Waals surface area contributed by atoms with E-state index in [1.807, 2.05) is 37.3 Å². The van der Waals surface area contributed by atoms with Gasteiger partial charge in [-0.25, -0.2) is 4.98 Å².